The van der Waals surface area contributed by atoms with Gasteiger partial charge >= 0.3 is 0 Å². The number of carbonyl (C=O) groups excluding carboxylic acids is 1. The molecule has 0 atom stereocenters. The third-order valence-corrected chi connectivity index (χ3v) is 9.72. The number of carbonyl (C=O) groups is 1. The van der Waals surface area contributed by atoms with Gasteiger partial charge in [0.2, 0.25) is 0 Å². The Labute approximate surface area is 252 Å². The molecule has 7 heteroatoms. The molecule has 4 aromatic rings. The highest BCUT2D eigenvalue weighted by atomic mass is 32.1. The summed E-state index contributed by atoms with van der Waals surface area (Å²) >= 11 is 1.66. The molecule has 0 amide bonds. The molecule has 1 aromatic heterocycles. The number of hydrogen-bond acceptors (Lipinski definition) is 7. The van der Waals surface area contributed by atoms with Crippen LogP contribution in [0.1, 0.15) is 52.7 Å². The predicted molar refractivity (Wildman–Crippen MR) is 171 cm³/mol. The van der Waals surface area contributed by atoms with E-state index in [0.29, 0.717) is 29.2 Å². The Bertz CT molecular complexity index is 1520. The third kappa shape index (κ3) is 6.05. The smallest absolute Gasteiger partial charge is 0.195 e. The van der Waals surface area contributed by atoms with Crippen molar-refractivity contribution < 1.29 is 19.0 Å². The Morgan fingerprint density at radius 2 is 1.48 bits per heavy atom. The van der Waals surface area contributed by atoms with E-state index in [1.165, 1.54) is 44.3 Å². The summed E-state index contributed by atoms with van der Waals surface area (Å²) in [6.07, 6.45) is 4.99. The number of ketones is 1. The largest absolute Gasteiger partial charge is 0.496 e. The lowest BCUT2D eigenvalue weighted by Crippen LogP contribution is -2.25. The lowest BCUT2D eigenvalue weighted by Gasteiger charge is -2.20. The minimum Gasteiger partial charge on any atom is -0.496 e. The number of likely N-dealkylation sites (tertiary alicyclic amines) is 2. The van der Waals surface area contributed by atoms with Gasteiger partial charge in [-0.25, -0.2) is 0 Å². The normalized spacial score (nSPS) is 15.9. The number of rotatable bonds is 11. The van der Waals surface area contributed by atoms with Gasteiger partial charge in [0.1, 0.15) is 23.9 Å². The Kier molecular flexibility index (Phi) is 8.79. The van der Waals surface area contributed by atoms with E-state index in [2.05, 4.69) is 47.1 Å². The number of ether oxygens (including phenoxy) is 3. The highest BCUT2D eigenvalue weighted by molar-refractivity contribution is 7.22. The molecule has 6 rings (SSSR count). The van der Waals surface area contributed by atoms with Crippen molar-refractivity contribution in [1.29, 1.82) is 0 Å². The van der Waals surface area contributed by atoms with E-state index in [1.807, 2.05) is 24.3 Å². The molecule has 220 valence electrons. The standard InChI is InChI=1S/C35H40N2O4S/c1-24-8-13-28-32(20-24)42-35(25-9-11-27(12-10-25)41-19-18-36-14-4-5-15-36)33(28)34(38)26-21-30(39-2)29(31(22-26)40-3)23-37-16-6-7-17-37/h8-13,20-22H,4-7,14-19,23H2,1-3H3. The first-order chi connectivity index (χ1) is 20.5. The van der Waals surface area contributed by atoms with Gasteiger partial charge in [0.25, 0.3) is 0 Å². The molecular formula is C35H40N2O4S. The highest BCUT2D eigenvalue weighted by Crippen LogP contribution is 2.42. The average Bonchev–Trinajstić information content (AvgIpc) is 3.79. The van der Waals surface area contributed by atoms with Crippen LogP contribution in [0.15, 0.2) is 54.6 Å². The van der Waals surface area contributed by atoms with Crippen LogP contribution in [0.3, 0.4) is 0 Å². The van der Waals surface area contributed by atoms with Crippen molar-refractivity contribution in [3.63, 3.8) is 0 Å². The van der Waals surface area contributed by atoms with E-state index >= 15 is 0 Å². The summed E-state index contributed by atoms with van der Waals surface area (Å²) in [5.41, 5.74) is 4.45. The molecule has 2 aliphatic rings. The topological polar surface area (TPSA) is 51.2 Å². The number of benzene rings is 3. The Morgan fingerprint density at radius 3 is 2.12 bits per heavy atom. The van der Waals surface area contributed by atoms with Crippen molar-refractivity contribution in [2.45, 2.75) is 39.2 Å². The molecule has 42 heavy (non-hydrogen) atoms. The molecule has 0 aliphatic carbocycles. The van der Waals surface area contributed by atoms with Crippen molar-refractivity contribution in [1.82, 2.24) is 9.80 Å². The van der Waals surface area contributed by atoms with E-state index in [4.69, 9.17) is 14.2 Å². The molecule has 6 nitrogen and oxygen atoms in total. The fraction of sp³-hybridized carbons (Fsp3) is 0.400. The van der Waals surface area contributed by atoms with E-state index in [0.717, 1.165) is 58.0 Å². The second-order valence-electron chi connectivity index (χ2n) is 11.4. The van der Waals surface area contributed by atoms with Gasteiger partial charge in [-0.3, -0.25) is 14.6 Å². The molecule has 2 aliphatic heterocycles. The van der Waals surface area contributed by atoms with E-state index in [1.54, 1.807) is 25.6 Å². The van der Waals surface area contributed by atoms with Crippen LogP contribution in [-0.4, -0.2) is 69.1 Å². The van der Waals surface area contributed by atoms with Crippen LogP contribution in [-0.2, 0) is 6.54 Å². The first kappa shape index (κ1) is 28.7. The summed E-state index contributed by atoms with van der Waals surface area (Å²) in [5.74, 6) is 2.20. The molecule has 0 N–H and O–H groups in total. The van der Waals surface area contributed by atoms with Gasteiger partial charge in [-0.05, 0) is 112 Å². The first-order valence-corrected chi connectivity index (χ1v) is 15.9. The van der Waals surface area contributed by atoms with Gasteiger partial charge in [-0.1, -0.05) is 12.1 Å². The molecule has 2 saturated heterocycles. The second kappa shape index (κ2) is 12.9. The van der Waals surface area contributed by atoms with Gasteiger partial charge < -0.3 is 14.2 Å². The lowest BCUT2D eigenvalue weighted by molar-refractivity contribution is 0.104. The summed E-state index contributed by atoms with van der Waals surface area (Å²) in [7, 11) is 3.33. The van der Waals surface area contributed by atoms with Crippen molar-refractivity contribution >= 4 is 27.2 Å². The van der Waals surface area contributed by atoms with Crippen molar-refractivity contribution in [2.24, 2.45) is 0 Å². The fourth-order valence-electron chi connectivity index (χ4n) is 6.21. The molecule has 0 spiro atoms. The maximum atomic E-state index is 14.4. The summed E-state index contributed by atoms with van der Waals surface area (Å²) < 4.78 is 18.8. The summed E-state index contributed by atoms with van der Waals surface area (Å²) in [6.45, 7) is 8.95. The molecular weight excluding hydrogens is 544 g/mol. The Morgan fingerprint density at radius 1 is 0.833 bits per heavy atom. The zero-order chi connectivity index (χ0) is 29.1. The minimum atomic E-state index is -0.0321. The fourth-order valence-corrected chi connectivity index (χ4v) is 7.52. The van der Waals surface area contributed by atoms with Crippen LogP contribution in [0.2, 0.25) is 0 Å². The van der Waals surface area contributed by atoms with Crippen molar-refractivity contribution in [3.8, 4) is 27.7 Å². The van der Waals surface area contributed by atoms with Gasteiger partial charge in [0.15, 0.2) is 5.78 Å². The van der Waals surface area contributed by atoms with Crippen LogP contribution < -0.4 is 14.2 Å². The Balaban J connectivity index is 1.33. The van der Waals surface area contributed by atoms with Crippen molar-refractivity contribution in [3.05, 3.63) is 76.9 Å². The maximum Gasteiger partial charge on any atom is 0.195 e. The number of hydrogen-bond donors (Lipinski definition) is 0. The molecule has 0 unspecified atom stereocenters. The Hall–Kier alpha value is -3.39. The van der Waals surface area contributed by atoms with Crippen LogP contribution in [0.5, 0.6) is 17.2 Å². The minimum absolute atomic E-state index is 0.0321. The number of thiophene rings is 1. The van der Waals surface area contributed by atoms with E-state index in [9.17, 15) is 4.79 Å². The first-order valence-electron chi connectivity index (χ1n) is 15.0. The molecule has 0 saturated carbocycles. The number of nitrogens with zero attached hydrogens (tertiary/aromatic N) is 2. The zero-order valence-corrected chi connectivity index (χ0v) is 25.7. The maximum absolute atomic E-state index is 14.4. The monoisotopic (exact) mass is 584 g/mol. The molecule has 3 heterocycles. The van der Waals surface area contributed by atoms with Gasteiger partial charge in [-0.2, -0.15) is 0 Å². The highest BCUT2D eigenvalue weighted by Gasteiger charge is 2.25. The molecule has 0 radical (unpaired) electrons. The van der Waals surface area contributed by atoms with Crippen molar-refractivity contribution in [2.75, 3.05) is 53.6 Å². The number of fused-ring (bicyclic) bond motifs is 1. The summed E-state index contributed by atoms with van der Waals surface area (Å²) in [5, 5.41) is 0.968. The van der Waals surface area contributed by atoms with Crippen LogP contribution in [0.25, 0.3) is 20.5 Å². The zero-order valence-electron chi connectivity index (χ0n) is 24.9. The van der Waals surface area contributed by atoms with Crippen LogP contribution in [0, 0.1) is 6.92 Å². The predicted octanol–water partition coefficient (Wildman–Crippen LogP) is 7.20. The summed E-state index contributed by atoms with van der Waals surface area (Å²) in [6, 6.07) is 18.3. The quantitative estimate of drug-likeness (QED) is 0.174. The third-order valence-electron chi connectivity index (χ3n) is 8.51. The van der Waals surface area contributed by atoms with E-state index in [-0.39, 0.29) is 5.78 Å². The van der Waals surface area contributed by atoms with E-state index < -0.39 is 0 Å². The second-order valence-corrected chi connectivity index (χ2v) is 12.5. The van der Waals surface area contributed by atoms with Gasteiger partial charge in [-0.15, -0.1) is 11.3 Å². The molecule has 3 aromatic carbocycles. The lowest BCUT2D eigenvalue weighted by atomic mass is 9.95. The van der Waals surface area contributed by atoms with Gasteiger partial charge in [0, 0.05) is 39.2 Å². The number of methoxy groups -OCH3 is 2. The van der Waals surface area contributed by atoms with Crippen LogP contribution >= 0.6 is 11.3 Å². The SMILES string of the molecule is COc1cc(C(=O)c2c(-c3ccc(OCCN4CCCC4)cc3)sc3cc(C)ccc23)cc(OC)c1CN1CCCC1. The average molecular weight is 585 g/mol. The number of aryl methyl sites for hydroxylation is 1. The van der Waals surface area contributed by atoms with Gasteiger partial charge in [0.05, 0.1) is 19.8 Å². The molecule has 0 bridgehead atoms. The van der Waals surface area contributed by atoms with Crippen LogP contribution in [0.4, 0.5) is 0 Å². The summed E-state index contributed by atoms with van der Waals surface area (Å²) in [4.78, 5) is 20.2. The molecule has 2 fully saturated rings.